The van der Waals surface area contributed by atoms with Gasteiger partial charge in [-0.05, 0) is 152 Å². The zero-order chi connectivity index (χ0) is 62.2. The second-order valence-electron chi connectivity index (χ2n) is 19.9. The van der Waals surface area contributed by atoms with Crippen LogP contribution in [-0.4, -0.2) is 84.1 Å². The van der Waals surface area contributed by atoms with Gasteiger partial charge in [0.2, 0.25) is 0 Å². The number of hydrogen-bond donors (Lipinski definition) is 5. The lowest BCUT2D eigenvalue weighted by Gasteiger charge is -2.22. The van der Waals surface area contributed by atoms with E-state index in [2.05, 4.69) is 51.5 Å². The standard InChI is InChI=1S/C62H60N10O13S2/c1-9-10-22-85-54-30-44(86(75,76)77)27-38-16-18-43(29-46(38)54)64-62(74)39-17-21-47(35(2)23-39)65-66-48-31-55(81-5)50(24-36(48)3)68-67-49-32-56(82-6)51(25-37(49)4)69-70-52-33-58(84-8)53(34-57(52)83-7)71-72-60-59(87(78,79)80)28-40-26-42(19-20-45(40)61(60)73)63-41-14-12-11-13-15-41/h11-21,23-34,53,58,63,73H,9-10,22H2,1-8H3,(H,64,74)(H,75,76,77)(H,78,79,80). The maximum Gasteiger partial charge on any atom is 0.296 e. The molecule has 8 aromatic carbocycles. The van der Waals surface area contributed by atoms with Gasteiger partial charge in [0.15, 0.2) is 5.75 Å². The van der Waals surface area contributed by atoms with Crippen molar-refractivity contribution in [2.24, 2.45) is 40.9 Å². The van der Waals surface area contributed by atoms with Gasteiger partial charge in [0.25, 0.3) is 26.1 Å². The number of aromatic hydroxyl groups is 1. The Hall–Kier alpha value is -9.79. The molecule has 0 aromatic heterocycles. The lowest BCUT2D eigenvalue weighted by molar-refractivity contribution is 0.102. The zero-order valence-corrected chi connectivity index (χ0v) is 50.0. The molecule has 25 heteroatoms. The summed E-state index contributed by atoms with van der Waals surface area (Å²) < 4.78 is 98.1. The molecule has 0 bridgehead atoms. The first-order valence-electron chi connectivity index (χ1n) is 26.9. The first kappa shape index (κ1) is 61.8. The van der Waals surface area contributed by atoms with E-state index in [9.17, 15) is 35.8 Å². The molecule has 1 aliphatic carbocycles. The Morgan fingerprint density at radius 1 is 0.575 bits per heavy atom. The number of nitrogens with one attached hydrogen (secondary N) is 2. The van der Waals surface area contributed by atoms with E-state index < -0.39 is 54.6 Å². The summed E-state index contributed by atoms with van der Waals surface area (Å²) in [5, 5.41) is 54.6. The number of phenols is 1. The number of carbonyl (C=O) groups is 1. The molecule has 23 nitrogen and oxygen atoms in total. The monoisotopic (exact) mass is 1220 g/mol. The molecular weight excluding hydrogens is 1160 g/mol. The Morgan fingerprint density at radius 3 is 1.84 bits per heavy atom. The van der Waals surface area contributed by atoms with E-state index in [-0.39, 0.29) is 27.5 Å². The van der Waals surface area contributed by atoms with Crippen LogP contribution in [0.15, 0.2) is 202 Å². The molecule has 2 unspecified atom stereocenters. The molecule has 0 heterocycles. The number of fused-ring (bicyclic) bond motifs is 2. The van der Waals surface area contributed by atoms with Crippen LogP contribution in [0.25, 0.3) is 21.5 Å². The van der Waals surface area contributed by atoms with Crippen LogP contribution in [0.3, 0.4) is 0 Å². The largest absolute Gasteiger partial charge is 0.505 e. The minimum Gasteiger partial charge on any atom is -0.505 e. The molecule has 2 atom stereocenters. The van der Waals surface area contributed by atoms with Gasteiger partial charge in [0.1, 0.15) is 62.8 Å². The third-order valence-corrected chi connectivity index (χ3v) is 15.6. The number of methoxy groups -OCH3 is 4. The van der Waals surface area contributed by atoms with Crippen molar-refractivity contribution < 1.29 is 59.5 Å². The van der Waals surface area contributed by atoms with Crippen molar-refractivity contribution in [1.82, 2.24) is 0 Å². The van der Waals surface area contributed by atoms with Crippen LogP contribution >= 0.6 is 0 Å². The van der Waals surface area contributed by atoms with Crippen LogP contribution in [0.4, 0.5) is 51.2 Å². The third kappa shape index (κ3) is 14.5. The average molecular weight is 1220 g/mol. The predicted molar refractivity (Wildman–Crippen MR) is 329 cm³/mol. The van der Waals surface area contributed by atoms with Crippen molar-refractivity contribution in [3.63, 3.8) is 0 Å². The lowest BCUT2D eigenvalue weighted by Crippen LogP contribution is -2.26. The van der Waals surface area contributed by atoms with E-state index in [0.717, 1.165) is 18.5 Å². The predicted octanol–water partition coefficient (Wildman–Crippen LogP) is 15.8. The summed E-state index contributed by atoms with van der Waals surface area (Å²) in [6.45, 7) is 7.80. The Morgan fingerprint density at radius 2 is 1.22 bits per heavy atom. The second-order valence-corrected chi connectivity index (χ2v) is 22.7. The van der Waals surface area contributed by atoms with E-state index in [1.165, 1.54) is 46.6 Å². The molecule has 9 rings (SSSR count). The number of benzene rings is 8. The number of hydrogen-bond acceptors (Lipinski definition) is 20. The number of aryl methyl sites for hydroxylation is 3. The summed E-state index contributed by atoms with van der Waals surface area (Å²) in [7, 11) is -3.58. The highest BCUT2D eigenvalue weighted by molar-refractivity contribution is 7.86. The van der Waals surface area contributed by atoms with Crippen molar-refractivity contribution in [2.45, 2.75) is 62.5 Å². The van der Waals surface area contributed by atoms with E-state index in [0.29, 0.717) is 96.3 Å². The molecule has 0 fully saturated rings. The SMILES string of the molecule is CCCCOc1cc(S(=O)(=O)O)cc2ccc(NC(=O)c3ccc(N=Nc4cc(OC)c(N=Nc5cc(OC)c(N=NC6=CC(OC)C(N=Nc7c(S(=O)(=O)O)cc8cc(Nc9ccccc9)ccc8c7O)C=C6OC)cc5C)cc4C)c(C)c3)cc12. The van der Waals surface area contributed by atoms with Gasteiger partial charge >= 0.3 is 0 Å². The molecule has 1 aliphatic rings. The number of ether oxygens (including phenoxy) is 5. The van der Waals surface area contributed by atoms with Gasteiger partial charge in [-0.2, -0.15) is 37.3 Å². The Bertz CT molecular complexity index is 4400. The average Bonchev–Trinajstić information content (AvgIpc) is 1.24. The number of rotatable bonds is 22. The molecule has 0 saturated carbocycles. The van der Waals surface area contributed by atoms with Gasteiger partial charge < -0.3 is 39.4 Å². The summed E-state index contributed by atoms with van der Waals surface area (Å²) in [5.41, 5.74) is 6.27. The van der Waals surface area contributed by atoms with Crippen molar-refractivity contribution >= 4 is 98.9 Å². The van der Waals surface area contributed by atoms with Crippen LogP contribution in [-0.2, 0) is 29.7 Å². The van der Waals surface area contributed by atoms with Crippen LogP contribution in [0.5, 0.6) is 23.0 Å². The highest BCUT2D eigenvalue weighted by atomic mass is 32.2. The summed E-state index contributed by atoms with van der Waals surface area (Å²) in [6, 6.07) is 33.9. The Balaban J connectivity index is 0.874. The topological polar surface area (TPSA) is 315 Å². The molecule has 0 aliphatic heterocycles. The zero-order valence-electron chi connectivity index (χ0n) is 48.4. The number of carbonyl (C=O) groups excluding carboxylic acids is 1. The van der Waals surface area contributed by atoms with Gasteiger partial charge in [-0.25, -0.2) is 0 Å². The van der Waals surface area contributed by atoms with E-state index in [1.807, 2.05) is 51.1 Å². The quantitative estimate of drug-likeness (QED) is 0.0239. The van der Waals surface area contributed by atoms with Crippen molar-refractivity contribution in [3.8, 4) is 23.0 Å². The van der Waals surface area contributed by atoms with Crippen LogP contribution in [0.2, 0.25) is 0 Å². The summed E-state index contributed by atoms with van der Waals surface area (Å²) >= 11 is 0. The Labute approximate surface area is 501 Å². The number of phenolic OH excluding ortho intramolecular Hbond substituents is 1. The van der Waals surface area contributed by atoms with Crippen LogP contribution < -0.4 is 24.8 Å². The number of unbranched alkanes of at least 4 members (excludes halogenated alkanes) is 1. The number of amides is 1. The number of nitrogens with zero attached hydrogens (tertiary/aromatic N) is 8. The molecule has 0 radical (unpaired) electrons. The van der Waals surface area contributed by atoms with E-state index >= 15 is 0 Å². The van der Waals surface area contributed by atoms with Crippen molar-refractivity contribution in [2.75, 3.05) is 45.7 Å². The fraction of sp³-hybridized carbons (Fsp3) is 0.210. The molecule has 8 aromatic rings. The summed E-state index contributed by atoms with van der Waals surface area (Å²) in [6.07, 6.45) is 3.91. The summed E-state index contributed by atoms with van der Waals surface area (Å²) in [5.74, 6) is 0.268. The third-order valence-electron chi connectivity index (χ3n) is 13.9. The van der Waals surface area contributed by atoms with Gasteiger partial charge in [-0.3, -0.25) is 13.9 Å². The van der Waals surface area contributed by atoms with Gasteiger partial charge in [0, 0.05) is 58.7 Å². The maximum atomic E-state index is 13.5. The minimum absolute atomic E-state index is 0.227. The second kappa shape index (κ2) is 26.6. The number of anilines is 3. The molecule has 1 amide bonds. The first-order valence-corrected chi connectivity index (χ1v) is 29.8. The van der Waals surface area contributed by atoms with Gasteiger partial charge in [-0.1, -0.05) is 37.6 Å². The van der Waals surface area contributed by atoms with E-state index in [1.54, 1.807) is 97.9 Å². The minimum atomic E-state index is -4.91. The summed E-state index contributed by atoms with van der Waals surface area (Å²) in [4.78, 5) is 12.5. The maximum absolute atomic E-state index is 13.5. The highest BCUT2D eigenvalue weighted by Gasteiger charge is 2.28. The van der Waals surface area contributed by atoms with Crippen molar-refractivity contribution in [1.29, 1.82) is 0 Å². The van der Waals surface area contributed by atoms with Crippen LogP contribution in [0, 0.1) is 20.8 Å². The van der Waals surface area contributed by atoms with Gasteiger partial charge in [-0.15, -0.1) is 20.5 Å². The first-order chi connectivity index (χ1) is 41.7. The fourth-order valence-electron chi connectivity index (χ4n) is 9.20. The molecule has 448 valence electrons. The molecule has 5 N–H and O–H groups in total. The number of azo groups is 4. The molecule has 87 heavy (non-hydrogen) atoms. The lowest BCUT2D eigenvalue weighted by atomic mass is 10.0. The normalized spacial score (nSPS) is 14.7. The number of para-hydroxylation sites is 1. The van der Waals surface area contributed by atoms with Crippen LogP contribution in [0.1, 0.15) is 46.8 Å². The van der Waals surface area contributed by atoms with Crippen molar-refractivity contribution in [3.05, 3.63) is 173 Å². The smallest absolute Gasteiger partial charge is 0.296 e. The fourth-order valence-corrected chi connectivity index (χ4v) is 10.4. The van der Waals surface area contributed by atoms with E-state index in [4.69, 9.17) is 23.7 Å². The highest BCUT2D eigenvalue weighted by Crippen LogP contribution is 2.44. The molecule has 0 saturated heterocycles. The molecule has 0 spiro atoms. The Kier molecular flexibility index (Phi) is 18.9. The molecular formula is C62H60N10O13S2. The van der Waals surface area contributed by atoms with Gasteiger partial charge in [0.05, 0.1) is 49.9 Å².